The summed E-state index contributed by atoms with van der Waals surface area (Å²) in [5.41, 5.74) is 1.54. The fourth-order valence-electron chi connectivity index (χ4n) is 4.06. The van der Waals surface area contributed by atoms with Crippen molar-refractivity contribution in [2.45, 2.75) is 51.1 Å². The van der Waals surface area contributed by atoms with Gasteiger partial charge in [-0.1, -0.05) is 50.1 Å². The summed E-state index contributed by atoms with van der Waals surface area (Å²) in [5, 5.41) is 3.75. The Kier molecular flexibility index (Phi) is 4.13. The first-order valence-corrected chi connectivity index (χ1v) is 8.22. The van der Waals surface area contributed by atoms with E-state index in [2.05, 4.69) is 54.4 Å². The lowest BCUT2D eigenvalue weighted by molar-refractivity contribution is 0.0687. The normalized spacial score (nSPS) is 35.9. The van der Waals surface area contributed by atoms with Crippen LogP contribution < -0.4 is 5.32 Å². The zero-order valence-corrected chi connectivity index (χ0v) is 12.9. The first-order chi connectivity index (χ1) is 9.67. The molecule has 1 heterocycles. The van der Waals surface area contributed by atoms with Crippen LogP contribution >= 0.6 is 0 Å². The van der Waals surface area contributed by atoms with Crippen molar-refractivity contribution in [3.05, 3.63) is 35.9 Å². The van der Waals surface area contributed by atoms with Gasteiger partial charge in [-0.2, -0.15) is 0 Å². The molecule has 1 N–H and O–H groups in total. The van der Waals surface area contributed by atoms with Gasteiger partial charge < -0.3 is 5.32 Å². The lowest BCUT2D eigenvalue weighted by Gasteiger charge is -2.46. The summed E-state index contributed by atoms with van der Waals surface area (Å²) in [6.07, 6.45) is 5.64. The van der Waals surface area contributed by atoms with Gasteiger partial charge in [-0.05, 0) is 31.2 Å². The second-order valence-corrected chi connectivity index (χ2v) is 7.02. The lowest BCUT2D eigenvalue weighted by Crippen LogP contribution is -2.59. The molecule has 1 saturated heterocycles. The highest BCUT2D eigenvalue weighted by atomic mass is 15.2. The average Bonchev–Trinajstić information content (AvgIpc) is 2.48. The zero-order valence-electron chi connectivity index (χ0n) is 12.9. The highest BCUT2D eigenvalue weighted by Gasteiger charge is 2.35. The summed E-state index contributed by atoms with van der Waals surface area (Å²) in [5.74, 6) is 0.909. The van der Waals surface area contributed by atoms with Crippen LogP contribution in [0.15, 0.2) is 30.3 Å². The van der Waals surface area contributed by atoms with E-state index in [0.29, 0.717) is 0 Å². The molecule has 1 aliphatic heterocycles. The summed E-state index contributed by atoms with van der Waals surface area (Å²) in [4.78, 5) is 2.75. The zero-order chi connectivity index (χ0) is 14.0. The van der Waals surface area contributed by atoms with Crippen molar-refractivity contribution in [2.75, 3.05) is 19.6 Å². The third kappa shape index (κ3) is 2.91. The molecule has 0 spiro atoms. The Morgan fingerprint density at radius 2 is 2.00 bits per heavy atom. The van der Waals surface area contributed by atoms with Gasteiger partial charge in [-0.25, -0.2) is 0 Å². The van der Waals surface area contributed by atoms with Crippen molar-refractivity contribution < 1.29 is 0 Å². The molecular weight excluding hydrogens is 244 g/mol. The molecule has 0 radical (unpaired) electrons. The second kappa shape index (κ2) is 5.87. The van der Waals surface area contributed by atoms with E-state index in [0.717, 1.165) is 25.0 Å². The van der Waals surface area contributed by atoms with Gasteiger partial charge in [0.1, 0.15) is 0 Å². The van der Waals surface area contributed by atoms with Crippen molar-refractivity contribution in [3.8, 4) is 0 Å². The van der Waals surface area contributed by atoms with E-state index in [9.17, 15) is 0 Å². The van der Waals surface area contributed by atoms with E-state index in [-0.39, 0.29) is 5.54 Å². The number of benzene rings is 1. The molecule has 20 heavy (non-hydrogen) atoms. The summed E-state index contributed by atoms with van der Waals surface area (Å²) in [7, 11) is 0. The fourth-order valence-corrected chi connectivity index (χ4v) is 4.06. The lowest BCUT2D eigenvalue weighted by atomic mass is 9.83. The van der Waals surface area contributed by atoms with Crippen molar-refractivity contribution in [1.29, 1.82) is 0 Å². The minimum atomic E-state index is 0.111. The number of nitrogens with zero attached hydrogens (tertiary/aromatic N) is 1. The maximum absolute atomic E-state index is 3.75. The van der Waals surface area contributed by atoms with Crippen LogP contribution in [0, 0.1) is 5.92 Å². The Morgan fingerprint density at radius 1 is 1.20 bits per heavy atom. The number of piperazine rings is 1. The molecule has 1 saturated carbocycles. The van der Waals surface area contributed by atoms with E-state index in [1.165, 1.54) is 37.8 Å². The summed E-state index contributed by atoms with van der Waals surface area (Å²) >= 11 is 0. The van der Waals surface area contributed by atoms with Crippen LogP contribution in [0.3, 0.4) is 0 Å². The average molecular weight is 272 g/mol. The summed E-state index contributed by atoms with van der Waals surface area (Å²) < 4.78 is 0. The van der Waals surface area contributed by atoms with E-state index in [4.69, 9.17) is 0 Å². The van der Waals surface area contributed by atoms with Crippen LogP contribution in [-0.4, -0.2) is 30.6 Å². The monoisotopic (exact) mass is 272 g/mol. The molecule has 2 fully saturated rings. The van der Waals surface area contributed by atoms with E-state index < -0.39 is 0 Å². The standard InChI is InChI=1S/C18H28N2/c1-15-7-6-10-17(13-15)20-12-11-19-18(2,14-20)16-8-4-3-5-9-16/h3-5,8-9,15,17,19H,6-7,10-14H2,1-2H3. The molecule has 3 unspecified atom stereocenters. The number of hydrogen-bond donors (Lipinski definition) is 1. The molecule has 110 valence electrons. The molecule has 2 aliphatic rings. The number of hydrogen-bond acceptors (Lipinski definition) is 2. The van der Waals surface area contributed by atoms with Gasteiger partial charge in [-0.15, -0.1) is 0 Å². The van der Waals surface area contributed by atoms with Crippen molar-refractivity contribution in [2.24, 2.45) is 5.92 Å². The van der Waals surface area contributed by atoms with Gasteiger partial charge in [-0.3, -0.25) is 4.90 Å². The van der Waals surface area contributed by atoms with Gasteiger partial charge in [0.25, 0.3) is 0 Å². The molecule has 0 bridgehead atoms. The predicted molar refractivity (Wildman–Crippen MR) is 84.8 cm³/mol. The SMILES string of the molecule is CC1CCCC(N2CCNC(C)(c3ccccc3)C2)C1. The molecule has 2 nitrogen and oxygen atoms in total. The van der Waals surface area contributed by atoms with Crippen molar-refractivity contribution >= 4 is 0 Å². The predicted octanol–water partition coefficient (Wildman–Crippen LogP) is 3.39. The van der Waals surface area contributed by atoms with Gasteiger partial charge in [0.15, 0.2) is 0 Å². The van der Waals surface area contributed by atoms with Crippen LogP contribution in [0.5, 0.6) is 0 Å². The molecule has 1 aliphatic carbocycles. The van der Waals surface area contributed by atoms with Crippen molar-refractivity contribution in [1.82, 2.24) is 10.2 Å². The first kappa shape index (κ1) is 14.1. The largest absolute Gasteiger partial charge is 0.305 e. The number of nitrogens with one attached hydrogen (secondary N) is 1. The second-order valence-electron chi connectivity index (χ2n) is 7.02. The Bertz CT molecular complexity index is 430. The van der Waals surface area contributed by atoms with Gasteiger partial charge in [0, 0.05) is 25.7 Å². The minimum absolute atomic E-state index is 0.111. The molecule has 3 atom stereocenters. The van der Waals surface area contributed by atoms with E-state index in [1.807, 2.05) is 0 Å². The summed E-state index contributed by atoms with van der Waals surface area (Å²) in [6.45, 7) is 8.25. The Hall–Kier alpha value is -0.860. The third-order valence-corrected chi connectivity index (χ3v) is 5.27. The molecule has 1 aromatic rings. The smallest absolute Gasteiger partial charge is 0.0535 e. The maximum atomic E-state index is 3.75. The van der Waals surface area contributed by atoms with E-state index >= 15 is 0 Å². The van der Waals surface area contributed by atoms with Gasteiger partial charge in [0.05, 0.1) is 5.54 Å². The molecule has 3 rings (SSSR count). The van der Waals surface area contributed by atoms with Crippen LogP contribution in [-0.2, 0) is 5.54 Å². The Morgan fingerprint density at radius 3 is 2.75 bits per heavy atom. The Balaban J connectivity index is 1.73. The third-order valence-electron chi connectivity index (χ3n) is 5.27. The molecule has 1 aromatic carbocycles. The van der Waals surface area contributed by atoms with Gasteiger partial charge in [0.2, 0.25) is 0 Å². The van der Waals surface area contributed by atoms with Crippen LogP contribution in [0.4, 0.5) is 0 Å². The highest BCUT2D eigenvalue weighted by molar-refractivity contribution is 5.25. The van der Waals surface area contributed by atoms with Crippen molar-refractivity contribution in [3.63, 3.8) is 0 Å². The molecule has 0 aromatic heterocycles. The number of rotatable bonds is 2. The quantitative estimate of drug-likeness (QED) is 0.888. The molecular formula is C18H28N2. The molecule has 0 amide bonds. The first-order valence-electron chi connectivity index (χ1n) is 8.22. The van der Waals surface area contributed by atoms with Crippen LogP contribution in [0.1, 0.15) is 45.1 Å². The highest BCUT2D eigenvalue weighted by Crippen LogP contribution is 2.31. The van der Waals surface area contributed by atoms with E-state index in [1.54, 1.807) is 0 Å². The topological polar surface area (TPSA) is 15.3 Å². The maximum Gasteiger partial charge on any atom is 0.0535 e. The fraction of sp³-hybridized carbons (Fsp3) is 0.667. The van der Waals surface area contributed by atoms with Gasteiger partial charge >= 0.3 is 0 Å². The van der Waals surface area contributed by atoms with Crippen LogP contribution in [0.2, 0.25) is 0 Å². The minimum Gasteiger partial charge on any atom is -0.305 e. The summed E-state index contributed by atoms with van der Waals surface area (Å²) in [6, 6.07) is 11.8. The Labute approximate surface area is 123 Å². The molecule has 2 heteroatoms. The van der Waals surface area contributed by atoms with Crippen LogP contribution in [0.25, 0.3) is 0 Å².